The summed E-state index contributed by atoms with van der Waals surface area (Å²) < 4.78 is 5.30. The molecule has 0 aliphatic carbocycles. The highest BCUT2D eigenvalue weighted by molar-refractivity contribution is 5.86. The van der Waals surface area contributed by atoms with Gasteiger partial charge in [-0.2, -0.15) is 0 Å². The molecule has 0 saturated heterocycles. The van der Waals surface area contributed by atoms with Gasteiger partial charge in [0.25, 0.3) is 0 Å². The Kier molecular flexibility index (Phi) is 3.96. The monoisotopic (exact) mass is 364 g/mol. The number of fused-ring (bicyclic) bond motifs is 1. The maximum absolute atomic E-state index is 12.0. The lowest BCUT2D eigenvalue weighted by Crippen LogP contribution is -2.28. The van der Waals surface area contributed by atoms with Gasteiger partial charge >= 0.3 is 5.69 Å². The number of hydrogen-bond acceptors (Lipinski definition) is 5. The van der Waals surface area contributed by atoms with Crippen LogP contribution in [0.1, 0.15) is 36.1 Å². The summed E-state index contributed by atoms with van der Waals surface area (Å²) >= 11 is 0. The van der Waals surface area contributed by atoms with Crippen molar-refractivity contribution in [3.63, 3.8) is 0 Å². The summed E-state index contributed by atoms with van der Waals surface area (Å²) in [5, 5.41) is 15.6. The van der Waals surface area contributed by atoms with Crippen LogP contribution in [-0.4, -0.2) is 25.2 Å². The van der Waals surface area contributed by atoms with Gasteiger partial charge in [-0.05, 0) is 50.1 Å². The van der Waals surface area contributed by atoms with E-state index in [0.717, 1.165) is 16.8 Å². The van der Waals surface area contributed by atoms with Crippen molar-refractivity contribution in [2.75, 3.05) is 0 Å². The molecule has 0 bridgehead atoms. The zero-order chi connectivity index (χ0) is 19.2. The highest BCUT2D eigenvalue weighted by Gasteiger charge is 2.34. The molecule has 0 amide bonds. The lowest BCUT2D eigenvalue weighted by atomic mass is 9.84. The van der Waals surface area contributed by atoms with E-state index in [9.17, 15) is 9.90 Å². The van der Waals surface area contributed by atoms with E-state index in [0.29, 0.717) is 34.5 Å². The number of pyridine rings is 1. The summed E-state index contributed by atoms with van der Waals surface area (Å²) in [4.78, 5) is 21.9. The van der Waals surface area contributed by atoms with Gasteiger partial charge in [0.1, 0.15) is 11.4 Å². The normalized spacial score (nSPS) is 13.8. The Labute approximate surface area is 155 Å². The van der Waals surface area contributed by atoms with Crippen molar-refractivity contribution < 1.29 is 9.63 Å². The van der Waals surface area contributed by atoms with E-state index >= 15 is 0 Å². The molecule has 0 aliphatic heterocycles. The largest absolute Gasteiger partial charge is 0.379 e. The predicted molar refractivity (Wildman–Crippen MR) is 101 cm³/mol. The van der Waals surface area contributed by atoms with E-state index in [1.54, 1.807) is 18.3 Å². The molecule has 3 aromatic heterocycles. The van der Waals surface area contributed by atoms with Crippen LogP contribution in [0.3, 0.4) is 0 Å². The smallest absolute Gasteiger partial charge is 0.323 e. The van der Waals surface area contributed by atoms with Crippen LogP contribution >= 0.6 is 0 Å². The number of aliphatic hydroxyl groups is 1. The van der Waals surface area contributed by atoms with Gasteiger partial charge in [0.15, 0.2) is 0 Å². The number of aromatic amines is 2. The average molecular weight is 364 g/mol. The van der Waals surface area contributed by atoms with Crippen molar-refractivity contribution in [2.45, 2.75) is 32.8 Å². The van der Waals surface area contributed by atoms with Crippen LogP contribution in [0.15, 0.2) is 45.8 Å². The first-order valence-electron chi connectivity index (χ1n) is 8.77. The van der Waals surface area contributed by atoms with Gasteiger partial charge in [-0.3, -0.25) is 4.98 Å². The topological polar surface area (TPSA) is 108 Å². The second kappa shape index (κ2) is 6.21. The third-order valence-corrected chi connectivity index (χ3v) is 4.99. The maximum atomic E-state index is 12.0. The number of nitrogens with zero attached hydrogens (tertiary/aromatic N) is 2. The quantitative estimate of drug-likeness (QED) is 0.515. The van der Waals surface area contributed by atoms with Crippen molar-refractivity contribution in [1.82, 2.24) is 20.1 Å². The second-order valence-corrected chi connectivity index (χ2v) is 6.65. The molecule has 3 N–H and O–H groups in total. The van der Waals surface area contributed by atoms with Gasteiger partial charge in [0.05, 0.1) is 22.4 Å². The number of aryl methyl sites for hydroxylation is 2. The number of H-pyrrole nitrogens is 2. The van der Waals surface area contributed by atoms with Crippen LogP contribution in [0.25, 0.3) is 22.2 Å². The van der Waals surface area contributed by atoms with Gasteiger partial charge in [-0.1, -0.05) is 18.1 Å². The average Bonchev–Trinajstić information content (AvgIpc) is 3.21. The van der Waals surface area contributed by atoms with Crippen molar-refractivity contribution in [2.24, 2.45) is 0 Å². The molecular formula is C20H20N4O3. The fourth-order valence-corrected chi connectivity index (χ4v) is 3.63. The van der Waals surface area contributed by atoms with Crippen molar-refractivity contribution in [1.29, 1.82) is 0 Å². The van der Waals surface area contributed by atoms with E-state index in [2.05, 4.69) is 20.1 Å². The Bertz CT molecular complexity index is 1150. The lowest BCUT2D eigenvalue weighted by molar-refractivity contribution is 0.0733. The van der Waals surface area contributed by atoms with Gasteiger partial charge in [-0.25, -0.2) is 4.79 Å². The summed E-state index contributed by atoms with van der Waals surface area (Å²) in [6.45, 7) is 5.58. The van der Waals surface area contributed by atoms with Gasteiger partial charge in [0.2, 0.25) is 0 Å². The first-order valence-corrected chi connectivity index (χ1v) is 8.77. The molecule has 0 saturated carbocycles. The van der Waals surface area contributed by atoms with Crippen molar-refractivity contribution in [3.8, 4) is 11.1 Å². The standard InChI is InChI=1S/C20H20N4O3/c1-4-20(26,16-7-5-6-8-21-16)14-9-13(17-11(2)24-27-12(17)3)10-15-18(14)23-19(25)22-15/h5-10,26H,4H2,1-3H3,(H2,22,23,25). The van der Waals surface area contributed by atoms with Crippen molar-refractivity contribution in [3.05, 3.63) is 69.7 Å². The van der Waals surface area contributed by atoms with E-state index in [-0.39, 0.29) is 5.69 Å². The molecule has 0 spiro atoms. The fourth-order valence-electron chi connectivity index (χ4n) is 3.63. The zero-order valence-corrected chi connectivity index (χ0v) is 15.3. The zero-order valence-electron chi connectivity index (χ0n) is 15.3. The Morgan fingerprint density at radius 3 is 2.67 bits per heavy atom. The molecular weight excluding hydrogens is 344 g/mol. The molecule has 138 valence electrons. The summed E-state index contributed by atoms with van der Waals surface area (Å²) in [6.07, 6.45) is 2.03. The summed E-state index contributed by atoms with van der Waals surface area (Å²) in [5.41, 5.74) is 2.98. The molecule has 0 radical (unpaired) electrons. The van der Waals surface area contributed by atoms with Crippen LogP contribution in [-0.2, 0) is 5.60 Å². The number of hydrogen-bond donors (Lipinski definition) is 3. The summed E-state index contributed by atoms with van der Waals surface area (Å²) in [7, 11) is 0. The number of nitrogens with one attached hydrogen (secondary N) is 2. The molecule has 7 nitrogen and oxygen atoms in total. The number of aromatic nitrogens is 4. The van der Waals surface area contributed by atoms with E-state index in [1.165, 1.54) is 0 Å². The SMILES string of the molecule is CCC(O)(c1ccccn1)c1cc(-c2c(C)noc2C)cc2[nH]c(=O)[nH]c12. The Balaban J connectivity index is 2.06. The van der Waals surface area contributed by atoms with E-state index in [4.69, 9.17) is 4.52 Å². The third kappa shape index (κ3) is 2.67. The van der Waals surface area contributed by atoms with Gasteiger partial charge in [0, 0.05) is 17.3 Å². The minimum Gasteiger partial charge on any atom is -0.379 e. The van der Waals surface area contributed by atoms with Crippen LogP contribution in [0, 0.1) is 13.8 Å². The van der Waals surface area contributed by atoms with Crippen LogP contribution in [0.4, 0.5) is 0 Å². The molecule has 0 fully saturated rings. The predicted octanol–water partition coefficient (Wildman–Crippen LogP) is 3.17. The molecule has 1 unspecified atom stereocenters. The highest BCUT2D eigenvalue weighted by Crippen LogP contribution is 2.38. The number of rotatable bonds is 4. The fraction of sp³-hybridized carbons (Fsp3) is 0.250. The lowest BCUT2D eigenvalue weighted by Gasteiger charge is -2.27. The first-order chi connectivity index (χ1) is 12.9. The minimum absolute atomic E-state index is 0.332. The molecule has 7 heteroatoms. The number of imidazole rings is 1. The minimum atomic E-state index is -1.36. The van der Waals surface area contributed by atoms with Crippen LogP contribution in [0.2, 0.25) is 0 Å². The molecule has 3 heterocycles. The first kappa shape index (κ1) is 17.2. The van der Waals surface area contributed by atoms with Gasteiger partial charge in [-0.15, -0.1) is 0 Å². The van der Waals surface area contributed by atoms with Gasteiger partial charge < -0.3 is 19.6 Å². The molecule has 27 heavy (non-hydrogen) atoms. The second-order valence-electron chi connectivity index (χ2n) is 6.65. The maximum Gasteiger partial charge on any atom is 0.323 e. The molecule has 4 rings (SSSR count). The molecule has 1 aromatic carbocycles. The Morgan fingerprint density at radius 2 is 2.04 bits per heavy atom. The molecule has 1 atom stereocenters. The Morgan fingerprint density at radius 1 is 1.22 bits per heavy atom. The van der Waals surface area contributed by atoms with Crippen molar-refractivity contribution >= 4 is 11.0 Å². The summed E-state index contributed by atoms with van der Waals surface area (Å²) in [5.74, 6) is 0.675. The molecule has 0 aliphatic rings. The van der Waals surface area contributed by atoms with E-state index < -0.39 is 5.60 Å². The van der Waals surface area contributed by atoms with Crippen LogP contribution in [0.5, 0.6) is 0 Å². The Hall–Kier alpha value is -3.19. The molecule has 4 aromatic rings. The number of benzene rings is 1. The van der Waals surface area contributed by atoms with E-state index in [1.807, 2.05) is 39.0 Å². The highest BCUT2D eigenvalue weighted by atomic mass is 16.5. The van der Waals surface area contributed by atoms with Crippen LogP contribution < -0.4 is 5.69 Å². The third-order valence-electron chi connectivity index (χ3n) is 4.99. The summed E-state index contributed by atoms with van der Waals surface area (Å²) in [6, 6.07) is 9.14.